The van der Waals surface area contributed by atoms with Crippen molar-refractivity contribution in [2.45, 2.75) is 19.9 Å². The predicted octanol–water partition coefficient (Wildman–Crippen LogP) is 2.95. The van der Waals surface area contributed by atoms with Gasteiger partial charge in [0.15, 0.2) is 0 Å². The van der Waals surface area contributed by atoms with E-state index in [-0.39, 0.29) is 0 Å². The van der Waals surface area contributed by atoms with Gasteiger partial charge in [-0.1, -0.05) is 6.92 Å². The molecule has 0 atom stereocenters. The Labute approximate surface area is 132 Å². The van der Waals surface area contributed by atoms with Gasteiger partial charge in [0.05, 0.1) is 20.3 Å². The highest BCUT2D eigenvalue weighted by molar-refractivity contribution is 7.99. The van der Waals surface area contributed by atoms with Gasteiger partial charge in [-0.15, -0.1) is 0 Å². The molecular weight excluding hydrogens is 286 g/mol. The van der Waals surface area contributed by atoms with Crippen molar-refractivity contribution in [1.82, 2.24) is 5.32 Å². The van der Waals surface area contributed by atoms with Crippen LogP contribution in [-0.2, 0) is 11.3 Å². The summed E-state index contributed by atoms with van der Waals surface area (Å²) in [5, 5.41) is 3.34. The molecule has 4 nitrogen and oxygen atoms in total. The van der Waals surface area contributed by atoms with E-state index in [4.69, 9.17) is 14.2 Å². The summed E-state index contributed by atoms with van der Waals surface area (Å²) < 4.78 is 16.2. The molecule has 21 heavy (non-hydrogen) atoms. The Bertz CT molecular complexity index is 388. The van der Waals surface area contributed by atoms with Gasteiger partial charge in [-0.25, -0.2) is 0 Å². The minimum atomic E-state index is 0.703. The maximum atomic E-state index is 5.90. The van der Waals surface area contributed by atoms with E-state index in [1.54, 1.807) is 14.2 Å². The molecule has 1 N–H and O–H groups in total. The van der Waals surface area contributed by atoms with Crippen molar-refractivity contribution < 1.29 is 14.2 Å². The van der Waals surface area contributed by atoms with E-state index in [9.17, 15) is 0 Å². The maximum Gasteiger partial charge on any atom is 0.124 e. The van der Waals surface area contributed by atoms with Crippen molar-refractivity contribution in [3.8, 4) is 11.5 Å². The first-order chi connectivity index (χ1) is 10.3. The second-order valence-corrected chi connectivity index (χ2v) is 5.94. The highest BCUT2D eigenvalue weighted by Crippen LogP contribution is 2.24. The van der Waals surface area contributed by atoms with Gasteiger partial charge in [0.1, 0.15) is 11.5 Å². The number of hydrogen-bond acceptors (Lipinski definition) is 5. The molecular formula is C16H27NO3S. The van der Waals surface area contributed by atoms with Gasteiger partial charge in [-0.3, -0.25) is 0 Å². The van der Waals surface area contributed by atoms with E-state index >= 15 is 0 Å². The van der Waals surface area contributed by atoms with Gasteiger partial charge >= 0.3 is 0 Å². The van der Waals surface area contributed by atoms with Gasteiger partial charge in [-0.2, -0.15) is 11.8 Å². The molecule has 0 radical (unpaired) electrons. The van der Waals surface area contributed by atoms with Crippen LogP contribution < -0.4 is 14.8 Å². The van der Waals surface area contributed by atoms with E-state index in [0.29, 0.717) is 6.61 Å². The fourth-order valence-corrected chi connectivity index (χ4v) is 2.46. The van der Waals surface area contributed by atoms with Gasteiger partial charge in [-0.05, 0) is 36.1 Å². The lowest BCUT2D eigenvalue weighted by Crippen LogP contribution is -2.19. The molecule has 5 heteroatoms. The molecule has 120 valence electrons. The van der Waals surface area contributed by atoms with Gasteiger partial charge in [0.2, 0.25) is 0 Å². The lowest BCUT2D eigenvalue weighted by atomic mass is 10.2. The van der Waals surface area contributed by atoms with Crippen LogP contribution in [0.1, 0.15) is 18.9 Å². The highest BCUT2D eigenvalue weighted by atomic mass is 32.2. The van der Waals surface area contributed by atoms with Crippen molar-refractivity contribution in [3.05, 3.63) is 23.8 Å². The van der Waals surface area contributed by atoms with Crippen LogP contribution in [0.4, 0.5) is 0 Å². The number of nitrogens with one attached hydrogen (secondary N) is 1. The van der Waals surface area contributed by atoms with E-state index in [0.717, 1.165) is 54.7 Å². The zero-order valence-corrected chi connectivity index (χ0v) is 14.1. The molecule has 0 heterocycles. The lowest BCUT2D eigenvalue weighted by molar-refractivity contribution is 0.199. The van der Waals surface area contributed by atoms with Crippen LogP contribution in [0.25, 0.3) is 0 Å². The third kappa shape index (κ3) is 7.60. The van der Waals surface area contributed by atoms with Crippen LogP contribution in [-0.4, -0.2) is 45.5 Å². The SMILES string of the molecule is CCSCCCOc1ccc(OC)cc1CNCCOC. The van der Waals surface area contributed by atoms with E-state index in [2.05, 4.69) is 12.2 Å². The summed E-state index contributed by atoms with van der Waals surface area (Å²) in [6, 6.07) is 5.95. The highest BCUT2D eigenvalue weighted by Gasteiger charge is 2.06. The first kappa shape index (κ1) is 18.1. The Hall–Kier alpha value is -0.910. The zero-order valence-electron chi connectivity index (χ0n) is 13.3. The molecule has 0 saturated heterocycles. The predicted molar refractivity (Wildman–Crippen MR) is 89.7 cm³/mol. The molecule has 0 fully saturated rings. The molecule has 0 aliphatic heterocycles. The molecule has 0 bridgehead atoms. The van der Waals surface area contributed by atoms with E-state index < -0.39 is 0 Å². The third-order valence-corrected chi connectivity index (χ3v) is 3.95. The van der Waals surface area contributed by atoms with Crippen molar-refractivity contribution in [2.75, 3.05) is 45.5 Å². The summed E-state index contributed by atoms with van der Waals surface area (Å²) >= 11 is 1.95. The molecule has 0 spiro atoms. The Morgan fingerprint density at radius 2 is 2.05 bits per heavy atom. The smallest absolute Gasteiger partial charge is 0.124 e. The molecule has 0 amide bonds. The Balaban J connectivity index is 2.50. The summed E-state index contributed by atoms with van der Waals surface area (Å²) in [6.45, 7) is 5.21. The number of rotatable bonds is 12. The fraction of sp³-hybridized carbons (Fsp3) is 0.625. The van der Waals surface area contributed by atoms with Gasteiger partial charge in [0, 0.05) is 25.8 Å². The number of methoxy groups -OCH3 is 2. The third-order valence-electron chi connectivity index (χ3n) is 2.96. The van der Waals surface area contributed by atoms with Crippen LogP contribution in [0, 0.1) is 0 Å². The fourth-order valence-electron chi connectivity index (χ4n) is 1.85. The summed E-state index contributed by atoms with van der Waals surface area (Å²) in [5.74, 6) is 4.10. The summed E-state index contributed by atoms with van der Waals surface area (Å²) in [5.41, 5.74) is 1.12. The average Bonchev–Trinajstić information content (AvgIpc) is 2.52. The maximum absolute atomic E-state index is 5.90. The molecule has 1 aromatic rings. The summed E-state index contributed by atoms with van der Waals surface area (Å²) in [6.07, 6.45) is 1.07. The minimum absolute atomic E-state index is 0.703. The lowest BCUT2D eigenvalue weighted by Gasteiger charge is -2.13. The number of thioether (sulfide) groups is 1. The first-order valence-electron chi connectivity index (χ1n) is 7.39. The van der Waals surface area contributed by atoms with Crippen LogP contribution in [0.5, 0.6) is 11.5 Å². The van der Waals surface area contributed by atoms with Crippen LogP contribution in [0.15, 0.2) is 18.2 Å². The number of hydrogen-bond donors (Lipinski definition) is 1. The molecule has 0 aromatic heterocycles. The monoisotopic (exact) mass is 313 g/mol. The molecule has 1 aromatic carbocycles. The van der Waals surface area contributed by atoms with Crippen molar-refractivity contribution in [2.24, 2.45) is 0 Å². The van der Waals surface area contributed by atoms with Crippen molar-refractivity contribution >= 4 is 11.8 Å². The van der Waals surface area contributed by atoms with Gasteiger partial charge in [0.25, 0.3) is 0 Å². The molecule has 1 rings (SSSR count). The Morgan fingerprint density at radius 3 is 2.76 bits per heavy atom. The van der Waals surface area contributed by atoms with Crippen molar-refractivity contribution in [3.63, 3.8) is 0 Å². The van der Waals surface area contributed by atoms with Crippen LogP contribution in [0.2, 0.25) is 0 Å². The molecule has 0 aliphatic rings. The minimum Gasteiger partial charge on any atom is -0.497 e. The second-order valence-electron chi connectivity index (χ2n) is 4.54. The first-order valence-corrected chi connectivity index (χ1v) is 8.54. The zero-order chi connectivity index (χ0) is 15.3. The molecule has 0 unspecified atom stereocenters. The van der Waals surface area contributed by atoms with Crippen molar-refractivity contribution in [1.29, 1.82) is 0 Å². The Kier molecular flexibility index (Phi) is 10.1. The molecule has 0 saturated carbocycles. The van der Waals surface area contributed by atoms with E-state index in [1.165, 1.54) is 0 Å². The molecule has 0 aliphatic carbocycles. The Morgan fingerprint density at radius 1 is 1.19 bits per heavy atom. The van der Waals surface area contributed by atoms with Gasteiger partial charge < -0.3 is 19.5 Å². The second kappa shape index (κ2) is 11.7. The van der Waals surface area contributed by atoms with E-state index in [1.807, 2.05) is 30.0 Å². The topological polar surface area (TPSA) is 39.7 Å². The summed E-state index contributed by atoms with van der Waals surface area (Å²) in [4.78, 5) is 0. The normalized spacial score (nSPS) is 10.6. The van der Waals surface area contributed by atoms with Crippen LogP contribution >= 0.6 is 11.8 Å². The number of ether oxygens (including phenoxy) is 3. The standard InChI is InChI=1S/C16H27NO3S/c1-4-21-11-5-9-20-16-7-6-15(19-3)12-14(16)13-17-8-10-18-2/h6-7,12,17H,4-5,8-11,13H2,1-3H3. The quantitative estimate of drug-likeness (QED) is 0.601. The van der Waals surface area contributed by atoms with Crippen LogP contribution in [0.3, 0.4) is 0 Å². The average molecular weight is 313 g/mol. The largest absolute Gasteiger partial charge is 0.497 e. The number of benzene rings is 1. The summed E-state index contributed by atoms with van der Waals surface area (Å²) in [7, 11) is 3.38.